The van der Waals surface area contributed by atoms with Gasteiger partial charge in [-0.1, -0.05) is 23.2 Å². The van der Waals surface area contributed by atoms with E-state index in [4.69, 9.17) is 27.6 Å². The van der Waals surface area contributed by atoms with Crippen molar-refractivity contribution < 1.29 is 14.0 Å². The fourth-order valence-corrected chi connectivity index (χ4v) is 3.52. The normalized spacial score (nSPS) is 13.1. The first kappa shape index (κ1) is 22.3. The zero-order valence-electron chi connectivity index (χ0n) is 17.3. The summed E-state index contributed by atoms with van der Waals surface area (Å²) in [5.74, 6) is 0.615. The molecule has 0 radical (unpaired) electrons. The van der Waals surface area contributed by atoms with Crippen molar-refractivity contribution in [3.63, 3.8) is 0 Å². The average molecular weight is 473 g/mol. The molecule has 0 bridgehead atoms. The molecule has 1 fully saturated rings. The number of amides is 2. The van der Waals surface area contributed by atoms with Gasteiger partial charge in [-0.15, -0.1) is 10.2 Å². The number of hydrogen-bond acceptors (Lipinski definition) is 5. The van der Waals surface area contributed by atoms with Gasteiger partial charge in [-0.2, -0.15) is 0 Å². The lowest BCUT2D eigenvalue weighted by Gasteiger charge is -2.20. The molecule has 0 unspecified atom stereocenters. The first-order valence-corrected chi connectivity index (χ1v) is 11.2. The highest BCUT2D eigenvalue weighted by Gasteiger charge is 2.33. The maximum absolute atomic E-state index is 12.8. The Morgan fingerprint density at radius 1 is 1.00 bits per heavy atom. The number of rotatable bonds is 9. The summed E-state index contributed by atoms with van der Waals surface area (Å²) >= 11 is 11.8. The van der Waals surface area contributed by atoms with E-state index in [0.717, 1.165) is 18.4 Å². The second kappa shape index (κ2) is 10.1. The van der Waals surface area contributed by atoms with Crippen molar-refractivity contribution in [3.05, 3.63) is 70.0 Å². The first-order valence-electron chi connectivity index (χ1n) is 10.4. The third-order valence-electron chi connectivity index (χ3n) is 5.13. The summed E-state index contributed by atoms with van der Waals surface area (Å²) in [5, 5.41) is 12.2. The van der Waals surface area contributed by atoms with E-state index in [1.807, 2.05) is 12.1 Å². The summed E-state index contributed by atoms with van der Waals surface area (Å²) < 4.78 is 5.76. The summed E-state index contributed by atoms with van der Waals surface area (Å²) in [5.41, 5.74) is 1.31. The highest BCUT2D eigenvalue weighted by Crippen LogP contribution is 2.29. The van der Waals surface area contributed by atoms with Gasteiger partial charge >= 0.3 is 0 Å². The van der Waals surface area contributed by atoms with Crippen LogP contribution in [0.4, 0.5) is 0 Å². The molecule has 2 amide bonds. The Hall–Kier alpha value is -2.90. The lowest BCUT2D eigenvalue weighted by atomic mass is 10.2. The van der Waals surface area contributed by atoms with Crippen molar-refractivity contribution in [2.24, 2.45) is 0 Å². The predicted molar refractivity (Wildman–Crippen MR) is 121 cm³/mol. The fourth-order valence-electron chi connectivity index (χ4n) is 3.27. The van der Waals surface area contributed by atoms with Crippen molar-refractivity contribution in [1.82, 2.24) is 20.4 Å². The molecule has 0 saturated heterocycles. The van der Waals surface area contributed by atoms with Crippen LogP contribution in [-0.4, -0.2) is 39.5 Å². The highest BCUT2D eigenvalue weighted by atomic mass is 35.5. The molecule has 2 aromatic carbocycles. The molecule has 1 aromatic heterocycles. The van der Waals surface area contributed by atoms with E-state index in [1.165, 1.54) is 0 Å². The number of aromatic nitrogens is 2. The fraction of sp³-hybridized carbons (Fsp3) is 0.304. The Balaban J connectivity index is 1.27. The molecule has 1 saturated carbocycles. The molecule has 7 nitrogen and oxygen atoms in total. The minimum absolute atomic E-state index is 0.0134. The van der Waals surface area contributed by atoms with Crippen LogP contribution in [0.1, 0.15) is 41.9 Å². The maximum atomic E-state index is 12.8. The predicted octanol–water partition coefficient (Wildman–Crippen LogP) is 4.74. The molecular formula is C23H22Cl2N4O3. The number of hydrogen-bond donors (Lipinski definition) is 1. The zero-order chi connectivity index (χ0) is 22.5. The molecule has 0 atom stereocenters. The van der Waals surface area contributed by atoms with Crippen LogP contribution in [0, 0.1) is 0 Å². The van der Waals surface area contributed by atoms with E-state index in [1.54, 1.807) is 41.3 Å². The summed E-state index contributed by atoms with van der Waals surface area (Å²) in [6.45, 7) is 0.689. The van der Waals surface area contributed by atoms with Crippen LogP contribution >= 0.6 is 23.2 Å². The third-order valence-corrected chi connectivity index (χ3v) is 5.63. The van der Waals surface area contributed by atoms with Gasteiger partial charge in [0, 0.05) is 40.2 Å². The Labute approximate surface area is 195 Å². The van der Waals surface area contributed by atoms with Gasteiger partial charge in [0.25, 0.3) is 5.91 Å². The van der Waals surface area contributed by atoms with Crippen molar-refractivity contribution in [1.29, 1.82) is 0 Å². The van der Waals surface area contributed by atoms with E-state index in [9.17, 15) is 9.59 Å². The van der Waals surface area contributed by atoms with Crippen LogP contribution in [0.15, 0.2) is 52.9 Å². The molecule has 1 aliphatic rings. The van der Waals surface area contributed by atoms with Crippen LogP contribution < -0.4 is 5.32 Å². The Morgan fingerprint density at radius 2 is 1.66 bits per heavy atom. The molecule has 1 aliphatic carbocycles. The van der Waals surface area contributed by atoms with Crippen molar-refractivity contribution >= 4 is 35.0 Å². The third kappa shape index (κ3) is 5.87. The lowest BCUT2D eigenvalue weighted by Crippen LogP contribution is -2.33. The Bertz CT molecular complexity index is 1080. The second-order valence-corrected chi connectivity index (χ2v) is 8.50. The molecule has 1 N–H and O–H groups in total. The van der Waals surface area contributed by atoms with Crippen LogP contribution in [0.25, 0.3) is 11.5 Å². The molecule has 1 heterocycles. The van der Waals surface area contributed by atoms with Crippen LogP contribution in [0.5, 0.6) is 0 Å². The largest absolute Gasteiger partial charge is 0.419 e. The zero-order valence-corrected chi connectivity index (χ0v) is 18.8. The maximum Gasteiger partial charge on any atom is 0.251 e. The summed E-state index contributed by atoms with van der Waals surface area (Å²) in [6, 6.07) is 14.0. The van der Waals surface area contributed by atoms with Gasteiger partial charge in [0.1, 0.15) is 0 Å². The molecule has 9 heteroatoms. The molecule has 0 spiro atoms. The number of carbonyl (C=O) groups is 2. The summed E-state index contributed by atoms with van der Waals surface area (Å²) in [7, 11) is 0. The van der Waals surface area contributed by atoms with Gasteiger partial charge < -0.3 is 14.6 Å². The van der Waals surface area contributed by atoms with Crippen molar-refractivity contribution in [2.75, 3.05) is 6.54 Å². The van der Waals surface area contributed by atoms with Crippen LogP contribution in [-0.2, 0) is 11.3 Å². The van der Waals surface area contributed by atoms with E-state index in [0.29, 0.717) is 46.8 Å². The number of halogens is 2. The SMILES string of the molecule is O=C(NCCCC(=O)N(Cc1nnc(-c2ccc(Cl)cc2)o1)C1CC1)c1ccc(Cl)cc1. The smallest absolute Gasteiger partial charge is 0.251 e. The number of benzene rings is 2. The highest BCUT2D eigenvalue weighted by molar-refractivity contribution is 6.30. The average Bonchev–Trinajstić information content (AvgIpc) is 3.53. The quantitative estimate of drug-likeness (QED) is 0.454. The Morgan fingerprint density at radius 3 is 2.31 bits per heavy atom. The molecule has 166 valence electrons. The minimum Gasteiger partial charge on any atom is -0.419 e. The van der Waals surface area contributed by atoms with E-state index >= 15 is 0 Å². The van der Waals surface area contributed by atoms with Gasteiger partial charge in [0.2, 0.25) is 17.7 Å². The summed E-state index contributed by atoms with van der Waals surface area (Å²) in [4.78, 5) is 26.7. The number of carbonyl (C=O) groups excluding carboxylic acids is 2. The van der Waals surface area contributed by atoms with Crippen molar-refractivity contribution in [2.45, 2.75) is 38.3 Å². The molecule has 4 rings (SSSR count). The van der Waals surface area contributed by atoms with Gasteiger partial charge in [-0.05, 0) is 67.8 Å². The Kier molecular flexibility index (Phi) is 7.07. The standard InChI is InChI=1S/C23H22Cl2N4O3/c24-17-7-3-15(4-8-17)22(31)26-13-1-2-21(30)29(19-11-12-19)14-20-27-28-23(32-20)16-5-9-18(25)10-6-16/h3-10,19H,1-2,11-14H2,(H,26,31). The molecular weight excluding hydrogens is 451 g/mol. The number of nitrogens with zero attached hydrogens (tertiary/aromatic N) is 3. The molecule has 0 aliphatic heterocycles. The van der Waals surface area contributed by atoms with Crippen molar-refractivity contribution in [3.8, 4) is 11.5 Å². The topological polar surface area (TPSA) is 88.3 Å². The van der Waals surface area contributed by atoms with Gasteiger partial charge in [0.15, 0.2) is 0 Å². The van der Waals surface area contributed by atoms with Gasteiger partial charge in [0.05, 0.1) is 6.54 Å². The minimum atomic E-state index is -0.186. The van der Waals surface area contributed by atoms with Crippen LogP contribution in [0.3, 0.4) is 0 Å². The summed E-state index contributed by atoms with van der Waals surface area (Å²) in [6.07, 6.45) is 2.81. The number of nitrogens with one attached hydrogen (secondary N) is 1. The molecule has 32 heavy (non-hydrogen) atoms. The van der Waals surface area contributed by atoms with Gasteiger partial charge in [-0.3, -0.25) is 9.59 Å². The first-order chi connectivity index (χ1) is 15.5. The lowest BCUT2D eigenvalue weighted by molar-refractivity contribution is -0.132. The second-order valence-electron chi connectivity index (χ2n) is 7.63. The van der Waals surface area contributed by atoms with E-state index < -0.39 is 0 Å². The monoisotopic (exact) mass is 472 g/mol. The van der Waals surface area contributed by atoms with Crippen LogP contribution in [0.2, 0.25) is 10.0 Å². The van der Waals surface area contributed by atoms with Gasteiger partial charge in [-0.25, -0.2) is 0 Å². The van der Waals surface area contributed by atoms with E-state index in [-0.39, 0.29) is 24.4 Å². The van der Waals surface area contributed by atoms with E-state index in [2.05, 4.69) is 15.5 Å². The molecule has 3 aromatic rings.